The minimum absolute atomic E-state index is 0.316. The van der Waals surface area contributed by atoms with Gasteiger partial charge in [0.1, 0.15) is 10.6 Å². The first-order valence-electron chi connectivity index (χ1n) is 4.30. The van der Waals surface area contributed by atoms with Crippen LogP contribution in [-0.4, -0.2) is 21.8 Å². The van der Waals surface area contributed by atoms with Crippen LogP contribution < -0.4 is 0 Å². The first kappa shape index (κ1) is 11.5. The van der Waals surface area contributed by atoms with E-state index in [1.807, 2.05) is 12.3 Å². The molecule has 2 aromatic rings. The van der Waals surface area contributed by atoms with Crippen LogP contribution in [0, 0.1) is 6.92 Å². The molecule has 7 heteroatoms. The highest BCUT2D eigenvalue weighted by atomic mass is 35.5. The van der Waals surface area contributed by atoms with Crippen LogP contribution in [-0.2, 0) is 4.74 Å². The summed E-state index contributed by atoms with van der Waals surface area (Å²) in [6.07, 6.45) is 0. The van der Waals surface area contributed by atoms with Gasteiger partial charge < -0.3 is 4.74 Å². The Balaban J connectivity index is 2.60. The summed E-state index contributed by atoms with van der Waals surface area (Å²) in [5.74, 6) is -0.378. The molecule has 0 aliphatic heterocycles. The van der Waals surface area contributed by atoms with Crippen LogP contribution in [0.15, 0.2) is 5.38 Å². The zero-order chi connectivity index (χ0) is 11.7. The summed E-state index contributed by atoms with van der Waals surface area (Å²) in [6, 6.07) is 0. The van der Waals surface area contributed by atoms with Gasteiger partial charge in [0.2, 0.25) is 0 Å². The van der Waals surface area contributed by atoms with Crippen molar-refractivity contribution in [2.24, 2.45) is 0 Å². The summed E-state index contributed by atoms with van der Waals surface area (Å²) in [7, 11) is 1.35. The summed E-state index contributed by atoms with van der Waals surface area (Å²) < 4.78 is 12.7. The molecule has 0 unspecified atom stereocenters. The maximum absolute atomic E-state index is 11.6. The van der Waals surface area contributed by atoms with Gasteiger partial charge in [-0.05, 0) is 17.9 Å². The van der Waals surface area contributed by atoms with E-state index in [2.05, 4.69) is 8.75 Å². The van der Waals surface area contributed by atoms with E-state index in [9.17, 15) is 4.79 Å². The van der Waals surface area contributed by atoms with Gasteiger partial charge in [0.15, 0.2) is 5.15 Å². The van der Waals surface area contributed by atoms with Gasteiger partial charge in [-0.2, -0.15) is 8.75 Å². The third-order valence-corrected chi connectivity index (χ3v) is 4.00. The standard InChI is InChI=1S/C9H7ClN2O2S2/c1-4-3-15-7(9(13)14-2)5(4)6-8(10)12-16-11-6/h3H,1-2H3. The number of hydrogen-bond donors (Lipinski definition) is 0. The topological polar surface area (TPSA) is 52.1 Å². The highest BCUT2D eigenvalue weighted by Crippen LogP contribution is 2.35. The van der Waals surface area contributed by atoms with Gasteiger partial charge >= 0.3 is 5.97 Å². The third-order valence-electron chi connectivity index (χ3n) is 2.03. The number of nitrogens with zero attached hydrogens (tertiary/aromatic N) is 2. The van der Waals surface area contributed by atoms with Crippen molar-refractivity contribution in [3.8, 4) is 11.3 Å². The molecule has 0 aliphatic rings. The fraction of sp³-hybridized carbons (Fsp3) is 0.222. The molecule has 2 heterocycles. The maximum atomic E-state index is 11.6. The van der Waals surface area contributed by atoms with Crippen LogP contribution in [0.2, 0.25) is 5.15 Å². The summed E-state index contributed by atoms with van der Waals surface area (Å²) in [5, 5.41) is 2.19. The van der Waals surface area contributed by atoms with E-state index in [0.29, 0.717) is 15.7 Å². The lowest BCUT2D eigenvalue weighted by atomic mass is 10.1. The fourth-order valence-electron chi connectivity index (χ4n) is 1.31. The number of ether oxygens (including phenoxy) is 1. The van der Waals surface area contributed by atoms with Crippen LogP contribution in [0.3, 0.4) is 0 Å². The Morgan fingerprint density at radius 2 is 2.25 bits per heavy atom. The predicted octanol–water partition coefficient (Wildman–Crippen LogP) is 3.02. The average Bonchev–Trinajstić information content (AvgIpc) is 2.83. The van der Waals surface area contributed by atoms with Crippen molar-refractivity contribution < 1.29 is 9.53 Å². The smallest absolute Gasteiger partial charge is 0.348 e. The number of hydrogen-bond acceptors (Lipinski definition) is 6. The van der Waals surface area contributed by atoms with E-state index < -0.39 is 0 Å². The van der Waals surface area contributed by atoms with Crippen molar-refractivity contribution in [3.05, 3.63) is 21.0 Å². The van der Waals surface area contributed by atoms with Crippen LogP contribution in [0.5, 0.6) is 0 Å². The zero-order valence-electron chi connectivity index (χ0n) is 8.48. The molecule has 0 fully saturated rings. The summed E-state index contributed by atoms with van der Waals surface area (Å²) in [5.41, 5.74) is 2.21. The lowest BCUT2D eigenvalue weighted by Crippen LogP contribution is -2.00. The van der Waals surface area contributed by atoms with Crippen LogP contribution in [0.25, 0.3) is 11.3 Å². The second kappa shape index (κ2) is 4.48. The molecular formula is C9H7ClN2O2S2. The Bertz CT molecular complexity index is 535. The van der Waals surface area contributed by atoms with Gasteiger partial charge in [-0.15, -0.1) is 11.3 Å². The highest BCUT2D eigenvalue weighted by Gasteiger charge is 2.22. The molecule has 0 aliphatic carbocycles. The fourth-order valence-corrected chi connectivity index (χ4v) is 3.01. The Labute approximate surface area is 105 Å². The van der Waals surface area contributed by atoms with Gasteiger partial charge in [0.05, 0.1) is 18.8 Å². The number of aryl methyl sites for hydroxylation is 1. The molecule has 16 heavy (non-hydrogen) atoms. The molecule has 4 nitrogen and oxygen atoms in total. The Kier molecular flexibility index (Phi) is 3.22. The van der Waals surface area contributed by atoms with E-state index in [-0.39, 0.29) is 5.97 Å². The summed E-state index contributed by atoms with van der Waals surface area (Å²) >= 11 is 8.25. The minimum Gasteiger partial charge on any atom is -0.465 e. The Morgan fingerprint density at radius 1 is 1.50 bits per heavy atom. The SMILES string of the molecule is COC(=O)c1scc(C)c1-c1nsnc1Cl. The van der Waals surface area contributed by atoms with Crippen molar-refractivity contribution in [1.29, 1.82) is 0 Å². The van der Waals surface area contributed by atoms with Crippen molar-refractivity contribution >= 4 is 40.6 Å². The van der Waals surface area contributed by atoms with Gasteiger partial charge in [0.25, 0.3) is 0 Å². The monoisotopic (exact) mass is 274 g/mol. The molecule has 0 aromatic carbocycles. The number of methoxy groups -OCH3 is 1. The molecule has 0 saturated carbocycles. The largest absolute Gasteiger partial charge is 0.465 e. The van der Waals surface area contributed by atoms with E-state index in [4.69, 9.17) is 16.3 Å². The number of carbonyl (C=O) groups is 1. The van der Waals surface area contributed by atoms with Crippen molar-refractivity contribution in [2.45, 2.75) is 6.92 Å². The number of aromatic nitrogens is 2. The van der Waals surface area contributed by atoms with Gasteiger partial charge in [-0.3, -0.25) is 0 Å². The molecule has 0 radical (unpaired) electrons. The van der Waals surface area contributed by atoms with Gasteiger partial charge in [-0.25, -0.2) is 4.79 Å². The summed E-state index contributed by atoms with van der Waals surface area (Å²) in [6.45, 7) is 1.90. The number of rotatable bonds is 2. The number of thiophene rings is 1. The minimum atomic E-state index is -0.378. The lowest BCUT2D eigenvalue weighted by molar-refractivity contribution is 0.0607. The average molecular weight is 275 g/mol. The van der Waals surface area contributed by atoms with Crippen LogP contribution in [0.4, 0.5) is 0 Å². The Morgan fingerprint density at radius 3 is 2.81 bits per heavy atom. The molecule has 0 saturated heterocycles. The molecule has 0 atom stereocenters. The predicted molar refractivity (Wildman–Crippen MR) is 64.3 cm³/mol. The zero-order valence-corrected chi connectivity index (χ0v) is 10.9. The molecule has 2 rings (SSSR count). The van der Waals surface area contributed by atoms with Gasteiger partial charge in [-0.1, -0.05) is 11.6 Å². The lowest BCUT2D eigenvalue weighted by Gasteiger charge is -2.00. The second-order valence-corrected chi connectivity index (χ2v) is 4.78. The van der Waals surface area contributed by atoms with Gasteiger partial charge in [0, 0.05) is 5.56 Å². The highest BCUT2D eigenvalue weighted by molar-refractivity contribution is 7.12. The first-order valence-corrected chi connectivity index (χ1v) is 6.28. The second-order valence-electron chi connectivity index (χ2n) is 3.02. The molecule has 2 aromatic heterocycles. The number of esters is 1. The van der Waals surface area contributed by atoms with Crippen LogP contribution in [0.1, 0.15) is 15.2 Å². The van der Waals surface area contributed by atoms with Crippen molar-refractivity contribution in [1.82, 2.24) is 8.75 Å². The molecule has 0 bridgehead atoms. The third kappa shape index (κ3) is 1.83. The van der Waals surface area contributed by atoms with Crippen molar-refractivity contribution in [3.63, 3.8) is 0 Å². The summed E-state index contributed by atoms with van der Waals surface area (Å²) in [4.78, 5) is 12.1. The normalized spacial score (nSPS) is 10.4. The van der Waals surface area contributed by atoms with Crippen LogP contribution >= 0.6 is 34.7 Å². The van der Waals surface area contributed by atoms with E-state index in [1.54, 1.807) is 0 Å². The molecule has 84 valence electrons. The number of halogens is 1. The van der Waals surface area contributed by atoms with E-state index in [1.165, 1.54) is 18.4 Å². The van der Waals surface area contributed by atoms with E-state index >= 15 is 0 Å². The number of carbonyl (C=O) groups excluding carboxylic acids is 1. The Hall–Kier alpha value is -0.980. The molecule has 0 N–H and O–H groups in total. The molecule has 0 amide bonds. The molecule has 0 spiro atoms. The quantitative estimate of drug-likeness (QED) is 0.790. The first-order chi connectivity index (χ1) is 7.65. The maximum Gasteiger partial charge on any atom is 0.348 e. The molecular weight excluding hydrogens is 268 g/mol. The van der Waals surface area contributed by atoms with Crippen molar-refractivity contribution in [2.75, 3.05) is 7.11 Å². The van der Waals surface area contributed by atoms with E-state index in [0.717, 1.165) is 22.9 Å².